The van der Waals surface area contributed by atoms with Crippen LogP contribution in [0.15, 0.2) is 24.3 Å². The number of nitrogens with one attached hydrogen (secondary N) is 1. The third kappa shape index (κ3) is 3.99. The van der Waals surface area contributed by atoms with Crippen molar-refractivity contribution in [2.75, 3.05) is 13.7 Å². The molecule has 0 saturated heterocycles. The summed E-state index contributed by atoms with van der Waals surface area (Å²) in [4.78, 5) is 0. The first-order valence-corrected chi connectivity index (χ1v) is 5.13. The minimum absolute atomic E-state index is 0.167. The van der Waals surface area contributed by atoms with Crippen LogP contribution in [0.1, 0.15) is 12.5 Å². The standard InChI is InChI=1S/C11H16ClNO/c1-9(12)7-13-8-10-4-3-5-11(6-10)14-2/h3-6,9,13H,7-8H2,1-2H3. The molecule has 0 saturated carbocycles. The number of alkyl halides is 1. The zero-order chi connectivity index (χ0) is 10.4. The molecule has 3 heteroatoms. The molecule has 0 aromatic heterocycles. The SMILES string of the molecule is COc1cccc(CNCC(C)Cl)c1. The Kier molecular flexibility index (Phi) is 4.77. The van der Waals surface area contributed by atoms with Crippen LogP contribution in [-0.2, 0) is 6.54 Å². The van der Waals surface area contributed by atoms with Crippen LogP contribution in [0.2, 0.25) is 0 Å². The molecule has 0 radical (unpaired) electrons. The van der Waals surface area contributed by atoms with Gasteiger partial charge in [-0.05, 0) is 24.6 Å². The van der Waals surface area contributed by atoms with Crippen LogP contribution in [0.25, 0.3) is 0 Å². The topological polar surface area (TPSA) is 21.3 Å². The summed E-state index contributed by atoms with van der Waals surface area (Å²) in [5.41, 5.74) is 1.21. The van der Waals surface area contributed by atoms with E-state index in [1.807, 2.05) is 25.1 Å². The van der Waals surface area contributed by atoms with Crippen molar-refractivity contribution in [3.05, 3.63) is 29.8 Å². The van der Waals surface area contributed by atoms with Gasteiger partial charge in [-0.3, -0.25) is 0 Å². The van der Waals surface area contributed by atoms with Gasteiger partial charge in [0, 0.05) is 18.5 Å². The fourth-order valence-corrected chi connectivity index (χ4v) is 1.31. The van der Waals surface area contributed by atoms with Crippen LogP contribution in [0.5, 0.6) is 5.75 Å². The van der Waals surface area contributed by atoms with Crippen molar-refractivity contribution < 1.29 is 4.74 Å². The van der Waals surface area contributed by atoms with Crippen molar-refractivity contribution in [1.82, 2.24) is 5.32 Å². The Hall–Kier alpha value is -0.730. The summed E-state index contributed by atoms with van der Waals surface area (Å²) in [6.45, 7) is 3.62. The molecule has 2 nitrogen and oxygen atoms in total. The van der Waals surface area contributed by atoms with Gasteiger partial charge >= 0.3 is 0 Å². The van der Waals surface area contributed by atoms with E-state index in [0.29, 0.717) is 0 Å². The molecule has 0 aliphatic carbocycles. The van der Waals surface area contributed by atoms with Crippen LogP contribution >= 0.6 is 11.6 Å². The third-order valence-electron chi connectivity index (χ3n) is 1.89. The average molecular weight is 214 g/mol. The number of hydrogen-bond donors (Lipinski definition) is 1. The summed E-state index contributed by atoms with van der Waals surface area (Å²) in [5.74, 6) is 0.892. The summed E-state index contributed by atoms with van der Waals surface area (Å²) in [6.07, 6.45) is 0. The maximum Gasteiger partial charge on any atom is 0.119 e. The third-order valence-corrected chi connectivity index (χ3v) is 2.04. The van der Waals surface area contributed by atoms with E-state index in [0.717, 1.165) is 18.8 Å². The van der Waals surface area contributed by atoms with Crippen LogP contribution in [-0.4, -0.2) is 19.0 Å². The van der Waals surface area contributed by atoms with E-state index in [9.17, 15) is 0 Å². The fourth-order valence-electron chi connectivity index (χ4n) is 1.20. The molecule has 1 atom stereocenters. The number of rotatable bonds is 5. The first-order chi connectivity index (χ1) is 6.72. The monoisotopic (exact) mass is 213 g/mol. The molecule has 1 aromatic rings. The lowest BCUT2D eigenvalue weighted by Crippen LogP contribution is -2.20. The van der Waals surface area contributed by atoms with Crippen molar-refractivity contribution >= 4 is 11.6 Å². The first kappa shape index (κ1) is 11.3. The Bertz CT molecular complexity index is 276. The Labute approximate surface area is 90.2 Å². The summed E-state index contributed by atoms with van der Waals surface area (Å²) in [7, 11) is 1.67. The molecule has 0 fully saturated rings. The van der Waals surface area contributed by atoms with Gasteiger partial charge in [-0.1, -0.05) is 12.1 Å². The molecule has 0 amide bonds. The predicted molar refractivity (Wildman–Crippen MR) is 60.0 cm³/mol. The van der Waals surface area contributed by atoms with Crippen LogP contribution in [0.3, 0.4) is 0 Å². The largest absolute Gasteiger partial charge is 0.497 e. The van der Waals surface area contributed by atoms with Crippen molar-refractivity contribution in [2.24, 2.45) is 0 Å². The zero-order valence-electron chi connectivity index (χ0n) is 8.59. The smallest absolute Gasteiger partial charge is 0.119 e. The van der Waals surface area contributed by atoms with E-state index < -0.39 is 0 Å². The average Bonchev–Trinajstić information content (AvgIpc) is 2.18. The lowest BCUT2D eigenvalue weighted by Gasteiger charge is -2.07. The molecule has 1 aromatic carbocycles. The Morgan fingerprint density at radius 2 is 2.29 bits per heavy atom. The van der Waals surface area contributed by atoms with Gasteiger partial charge in [0.05, 0.1) is 7.11 Å². The summed E-state index contributed by atoms with van der Waals surface area (Å²) in [5, 5.41) is 3.43. The number of halogens is 1. The molecule has 0 bridgehead atoms. The van der Waals surface area contributed by atoms with Gasteiger partial charge < -0.3 is 10.1 Å². The molecule has 1 unspecified atom stereocenters. The molecule has 78 valence electrons. The van der Waals surface area contributed by atoms with Crippen LogP contribution in [0.4, 0.5) is 0 Å². The molecular formula is C11H16ClNO. The molecule has 0 heterocycles. The van der Waals surface area contributed by atoms with Gasteiger partial charge in [-0.25, -0.2) is 0 Å². The normalized spacial score (nSPS) is 12.5. The molecule has 0 spiro atoms. The number of ether oxygens (including phenoxy) is 1. The highest BCUT2D eigenvalue weighted by molar-refractivity contribution is 6.20. The Balaban J connectivity index is 2.42. The first-order valence-electron chi connectivity index (χ1n) is 4.70. The highest BCUT2D eigenvalue weighted by atomic mass is 35.5. The van der Waals surface area contributed by atoms with E-state index in [-0.39, 0.29) is 5.38 Å². The number of benzene rings is 1. The van der Waals surface area contributed by atoms with Crippen molar-refractivity contribution in [1.29, 1.82) is 0 Å². The summed E-state index contributed by atoms with van der Waals surface area (Å²) in [6, 6.07) is 8.01. The molecule has 0 aliphatic heterocycles. The van der Waals surface area contributed by atoms with Gasteiger partial charge in [0.15, 0.2) is 0 Å². The van der Waals surface area contributed by atoms with Crippen molar-refractivity contribution in [2.45, 2.75) is 18.8 Å². The molecular weight excluding hydrogens is 198 g/mol. The number of hydrogen-bond acceptors (Lipinski definition) is 2. The van der Waals surface area contributed by atoms with Crippen molar-refractivity contribution in [3.63, 3.8) is 0 Å². The van der Waals surface area contributed by atoms with E-state index in [1.165, 1.54) is 5.56 Å². The Morgan fingerprint density at radius 3 is 2.93 bits per heavy atom. The predicted octanol–water partition coefficient (Wildman–Crippen LogP) is 2.41. The molecule has 14 heavy (non-hydrogen) atoms. The fraction of sp³-hybridized carbons (Fsp3) is 0.455. The summed E-state index contributed by atoms with van der Waals surface area (Å²) < 4.78 is 5.13. The highest BCUT2D eigenvalue weighted by Gasteiger charge is 1.97. The summed E-state index contributed by atoms with van der Waals surface area (Å²) >= 11 is 5.82. The number of methoxy groups -OCH3 is 1. The quantitative estimate of drug-likeness (QED) is 0.759. The maximum atomic E-state index is 5.82. The van der Waals surface area contributed by atoms with Crippen molar-refractivity contribution in [3.8, 4) is 5.75 Å². The second-order valence-electron chi connectivity index (χ2n) is 3.26. The second kappa shape index (κ2) is 5.89. The van der Waals surface area contributed by atoms with Gasteiger partial charge in [0.1, 0.15) is 5.75 Å². The highest BCUT2D eigenvalue weighted by Crippen LogP contribution is 2.12. The van der Waals surface area contributed by atoms with E-state index in [1.54, 1.807) is 7.11 Å². The van der Waals surface area contributed by atoms with Gasteiger partial charge in [-0.15, -0.1) is 11.6 Å². The molecule has 1 N–H and O–H groups in total. The molecule has 1 rings (SSSR count). The maximum absolute atomic E-state index is 5.82. The lowest BCUT2D eigenvalue weighted by atomic mass is 10.2. The van der Waals surface area contributed by atoms with E-state index in [2.05, 4.69) is 11.4 Å². The van der Waals surface area contributed by atoms with Gasteiger partial charge in [-0.2, -0.15) is 0 Å². The minimum atomic E-state index is 0.167. The second-order valence-corrected chi connectivity index (χ2v) is 4.01. The van der Waals surface area contributed by atoms with Crippen LogP contribution < -0.4 is 10.1 Å². The van der Waals surface area contributed by atoms with Gasteiger partial charge in [0.2, 0.25) is 0 Å². The minimum Gasteiger partial charge on any atom is -0.497 e. The molecule has 0 aliphatic rings. The Morgan fingerprint density at radius 1 is 1.50 bits per heavy atom. The zero-order valence-corrected chi connectivity index (χ0v) is 9.34. The van der Waals surface area contributed by atoms with E-state index >= 15 is 0 Å². The van der Waals surface area contributed by atoms with Crippen LogP contribution in [0, 0.1) is 0 Å². The van der Waals surface area contributed by atoms with E-state index in [4.69, 9.17) is 16.3 Å². The van der Waals surface area contributed by atoms with Gasteiger partial charge in [0.25, 0.3) is 0 Å². The lowest BCUT2D eigenvalue weighted by molar-refractivity contribution is 0.414.